The Morgan fingerprint density at radius 2 is 0.613 bits per heavy atom. The fourth-order valence-electron chi connectivity index (χ4n) is 8.99. The third kappa shape index (κ3) is 13.7. The Morgan fingerprint density at radius 1 is 0.312 bits per heavy atom. The number of rotatable bonds is 8. The van der Waals surface area contributed by atoms with Gasteiger partial charge in [0.2, 0.25) is 5.01 Å². The molecule has 0 spiro atoms. The van der Waals surface area contributed by atoms with Gasteiger partial charge < -0.3 is 0 Å². The van der Waals surface area contributed by atoms with Gasteiger partial charge in [-0.15, -0.1) is 0 Å². The molecule has 0 saturated heterocycles. The molecule has 1 heterocycles. The number of benzene rings is 7. The fraction of sp³-hybridized carbons (Fsp3) is 0.189. The Hall–Kier alpha value is -7.19. The molecule has 0 aliphatic heterocycles. The Kier molecular flexibility index (Phi) is 16.1. The van der Waals surface area contributed by atoms with Crippen LogP contribution in [-0.4, -0.2) is 6.15 Å². The third-order valence-electron chi connectivity index (χ3n) is 12.6. The monoisotopic (exact) mass is 1180 g/mol. The summed E-state index contributed by atoms with van der Waals surface area (Å²) >= 11 is 1.83. The Labute approximate surface area is 439 Å². The highest BCUT2D eigenvalue weighted by atomic mass is 32.1. The zero-order chi connectivity index (χ0) is 59.4. The fourth-order valence-corrected chi connectivity index (χ4v) is 9.87. The SMILES string of the molecule is FC(F)(F)c1cc([B-](c2cc(C(F)(F)F)cc(C(F)(F)F)c2)(c2cc(C(F)(F)F)cc(C(F)(F)F)c2)c2cc(C(F)(F)F)cc(C(F)(F)F)c2)cc(C(F)(F)F)c1.c1ccc(C[n+]2ccsc2Cc2ccc3ccccc3c2)cc1. The maximum Gasteiger partial charge on any atom is 0.416 e. The van der Waals surface area contributed by atoms with E-state index < -0.39 is 195 Å². The molecule has 0 aliphatic rings. The number of aromatic nitrogens is 1. The molecule has 0 unspecified atom stereocenters. The molecule has 0 bridgehead atoms. The molecule has 8 rings (SSSR count). The highest BCUT2D eigenvalue weighted by molar-refractivity contribution is 7.20. The molecule has 1 nitrogen and oxygen atoms in total. The minimum Gasteiger partial charge on any atom is -0.194 e. The molecule has 0 N–H and O–H groups in total. The quantitative estimate of drug-likeness (QED) is 0.0811. The van der Waals surface area contributed by atoms with Crippen LogP contribution in [0.5, 0.6) is 0 Å². The largest absolute Gasteiger partial charge is 0.416 e. The van der Waals surface area contributed by atoms with E-state index in [-0.39, 0.29) is 0 Å². The number of fused-ring (bicyclic) bond motifs is 1. The van der Waals surface area contributed by atoms with E-state index in [1.165, 1.54) is 26.9 Å². The molecule has 0 atom stereocenters. The van der Waals surface area contributed by atoms with Gasteiger partial charge in [0.25, 0.3) is 0 Å². The number of hydrogen-bond donors (Lipinski definition) is 0. The van der Waals surface area contributed by atoms with Crippen molar-refractivity contribution in [2.45, 2.75) is 62.4 Å². The van der Waals surface area contributed by atoms with E-state index in [2.05, 4.69) is 88.9 Å². The maximum atomic E-state index is 14.2. The van der Waals surface area contributed by atoms with Crippen LogP contribution in [0.25, 0.3) is 10.8 Å². The number of thiazole rings is 1. The predicted molar refractivity (Wildman–Crippen MR) is 247 cm³/mol. The first kappa shape index (κ1) is 60.5. The summed E-state index contributed by atoms with van der Waals surface area (Å²) in [5.41, 5.74) is -27.5. The molecule has 0 saturated carbocycles. The lowest BCUT2D eigenvalue weighted by molar-refractivity contribution is -0.690. The summed E-state index contributed by atoms with van der Waals surface area (Å²) in [5.74, 6) is 0. The van der Waals surface area contributed by atoms with Crippen LogP contribution >= 0.6 is 11.3 Å². The van der Waals surface area contributed by atoms with Crippen molar-refractivity contribution in [2.24, 2.45) is 0 Å². The van der Waals surface area contributed by atoms with Gasteiger partial charge in [-0.3, -0.25) is 0 Å². The van der Waals surface area contributed by atoms with Crippen molar-refractivity contribution >= 4 is 50.1 Å². The zero-order valence-electron chi connectivity index (χ0n) is 39.4. The van der Waals surface area contributed by atoms with E-state index in [0.717, 1.165) is 13.0 Å². The van der Waals surface area contributed by atoms with E-state index in [9.17, 15) is 105 Å². The normalized spacial score (nSPS) is 13.3. The first-order valence-electron chi connectivity index (χ1n) is 22.5. The summed E-state index contributed by atoms with van der Waals surface area (Å²) in [6, 6.07) is 17.2. The van der Waals surface area contributed by atoms with Gasteiger partial charge >= 0.3 is 49.4 Å². The van der Waals surface area contributed by atoms with Crippen LogP contribution in [0.2, 0.25) is 0 Å². The summed E-state index contributed by atoms with van der Waals surface area (Å²) in [5, 5.41) is 6.19. The minimum atomic E-state index is -6.13. The van der Waals surface area contributed by atoms with Crippen LogP contribution in [0, 0.1) is 0 Å². The van der Waals surface area contributed by atoms with Gasteiger partial charge in [0, 0.05) is 5.56 Å². The van der Waals surface area contributed by atoms with Gasteiger partial charge in [-0.05, 0) is 40.6 Å². The molecule has 7 aromatic carbocycles. The summed E-state index contributed by atoms with van der Waals surface area (Å²) in [6.45, 7) is 0.938. The van der Waals surface area contributed by atoms with Crippen molar-refractivity contribution in [3.8, 4) is 0 Å². The van der Waals surface area contributed by atoms with Crippen LogP contribution in [0.3, 0.4) is 0 Å². The molecule has 0 radical (unpaired) electrons. The highest BCUT2D eigenvalue weighted by Gasteiger charge is 2.47. The van der Waals surface area contributed by atoms with Crippen LogP contribution in [0.4, 0.5) is 105 Å². The number of hydrogen-bond acceptors (Lipinski definition) is 1. The standard InChI is InChI=1S/C32H12BF24.C21H18NS/c34-25(35,36)13-1-14(26(37,38)39)6-21(5-13)33(22-7-15(27(40,41)42)2-16(8-22)28(43,44)45,23-9-17(29(46,47)48)3-18(10-23)30(49,50)51)24-11-19(31(52,53)54)4-20(12-24)32(55,56)57;1-2-6-17(7-3-1)16-22-12-13-23-21(22)15-18-10-11-19-8-4-5-9-20(19)14-18/h1-12H;1-14H,15-16H2/q-1;+1. The maximum absolute atomic E-state index is 14.2. The van der Waals surface area contributed by atoms with Crippen molar-refractivity contribution in [3.63, 3.8) is 0 Å². The molecular formula is C53H30BF24NS. The second-order valence-corrected chi connectivity index (χ2v) is 19.0. The summed E-state index contributed by atoms with van der Waals surface area (Å²) < 4.78 is 343. The van der Waals surface area contributed by atoms with Gasteiger partial charge in [0.1, 0.15) is 6.15 Å². The molecule has 0 amide bonds. The van der Waals surface area contributed by atoms with Gasteiger partial charge in [0.15, 0.2) is 12.7 Å². The molecule has 80 heavy (non-hydrogen) atoms. The average Bonchev–Trinajstić information content (AvgIpc) is 3.77. The van der Waals surface area contributed by atoms with Crippen molar-refractivity contribution in [3.05, 3.63) is 218 Å². The van der Waals surface area contributed by atoms with Crippen molar-refractivity contribution in [1.29, 1.82) is 0 Å². The van der Waals surface area contributed by atoms with E-state index in [1.54, 1.807) is 0 Å². The average molecular weight is 1180 g/mol. The Balaban J connectivity index is 0.000000329. The second kappa shape index (κ2) is 21.4. The minimum absolute atomic E-state index is 0.691. The molecular weight excluding hydrogens is 1150 g/mol. The molecule has 27 heteroatoms. The van der Waals surface area contributed by atoms with Gasteiger partial charge in [-0.2, -0.15) is 132 Å². The Bertz CT molecular complexity index is 3070. The summed E-state index contributed by atoms with van der Waals surface area (Å²) in [7, 11) is 0. The Morgan fingerprint density at radius 3 is 0.925 bits per heavy atom. The molecule has 0 aliphatic carbocycles. The van der Waals surface area contributed by atoms with E-state index in [0.29, 0.717) is 0 Å². The topological polar surface area (TPSA) is 3.88 Å². The lowest BCUT2D eigenvalue weighted by Gasteiger charge is -2.46. The van der Waals surface area contributed by atoms with Crippen molar-refractivity contribution in [2.75, 3.05) is 0 Å². The van der Waals surface area contributed by atoms with Gasteiger partial charge in [0.05, 0.1) is 56.3 Å². The smallest absolute Gasteiger partial charge is 0.194 e. The zero-order valence-corrected chi connectivity index (χ0v) is 40.2. The first-order valence-corrected chi connectivity index (χ1v) is 23.4. The van der Waals surface area contributed by atoms with Gasteiger partial charge in [-0.25, -0.2) is 0 Å². The highest BCUT2D eigenvalue weighted by Crippen LogP contribution is 2.41. The number of nitrogens with zero attached hydrogens (tertiary/aromatic N) is 1. The number of alkyl halides is 24. The lowest BCUT2D eigenvalue weighted by Crippen LogP contribution is -2.75. The summed E-state index contributed by atoms with van der Waals surface area (Å²) in [6.07, 6.45) is -51.6. The lowest BCUT2D eigenvalue weighted by atomic mass is 9.12. The molecule has 0 fully saturated rings. The molecule has 1 aromatic heterocycles. The predicted octanol–water partition coefficient (Wildman–Crippen LogP) is 16.0. The third-order valence-corrected chi connectivity index (χ3v) is 13.5. The second-order valence-electron chi connectivity index (χ2n) is 18.0. The number of halogens is 24. The van der Waals surface area contributed by atoms with Gasteiger partial charge in [-0.1, -0.05) is 133 Å². The van der Waals surface area contributed by atoms with Crippen LogP contribution in [0.15, 0.2) is 157 Å². The first-order chi connectivity index (χ1) is 36.6. The van der Waals surface area contributed by atoms with E-state index in [4.69, 9.17) is 0 Å². The van der Waals surface area contributed by atoms with Crippen molar-refractivity contribution < 1.29 is 110 Å². The van der Waals surface area contributed by atoms with E-state index in [1.807, 2.05) is 11.3 Å². The van der Waals surface area contributed by atoms with E-state index >= 15 is 0 Å². The van der Waals surface area contributed by atoms with Crippen LogP contribution in [0.1, 0.15) is 60.6 Å². The molecule has 424 valence electrons. The van der Waals surface area contributed by atoms with Crippen molar-refractivity contribution in [1.82, 2.24) is 0 Å². The van der Waals surface area contributed by atoms with Crippen LogP contribution < -0.4 is 26.4 Å². The molecule has 8 aromatic rings. The summed E-state index contributed by atoms with van der Waals surface area (Å²) in [4.78, 5) is 0. The van der Waals surface area contributed by atoms with Crippen LogP contribution in [-0.2, 0) is 62.4 Å².